The van der Waals surface area contributed by atoms with Crippen LogP contribution in [0.2, 0.25) is 0 Å². The van der Waals surface area contributed by atoms with E-state index in [1.807, 2.05) is 6.20 Å². The second-order valence-electron chi connectivity index (χ2n) is 4.28. The highest BCUT2D eigenvalue weighted by Crippen LogP contribution is 2.25. The van der Waals surface area contributed by atoms with Crippen LogP contribution in [0.25, 0.3) is 0 Å². The van der Waals surface area contributed by atoms with Crippen molar-refractivity contribution >= 4 is 11.3 Å². The minimum absolute atomic E-state index is 0.447. The molecule has 16 heavy (non-hydrogen) atoms. The monoisotopic (exact) mass is 238 g/mol. The molecule has 0 aliphatic carbocycles. The van der Waals surface area contributed by atoms with E-state index in [4.69, 9.17) is 0 Å². The minimum atomic E-state index is 0.447. The summed E-state index contributed by atoms with van der Waals surface area (Å²) >= 11 is 1.79. The number of aryl methyl sites for hydroxylation is 1. The quantitative estimate of drug-likeness (QED) is 0.730. The van der Waals surface area contributed by atoms with Crippen molar-refractivity contribution in [1.82, 2.24) is 10.3 Å². The molecule has 2 nitrogen and oxygen atoms in total. The second-order valence-corrected chi connectivity index (χ2v) is 5.55. The maximum Gasteiger partial charge on any atom is 0.0897 e. The molecule has 0 radical (unpaired) electrons. The third kappa shape index (κ3) is 4.45. The van der Waals surface area contributed by atoms with Crippen LogP contribution < -0.4 is 5.32 Å². The lowest BCUT2D eigenvalue weighted by Crippen LogP contribution is -2.21. The van der Waals surface area contributed by atoms with Gasteiger partial charge in [0, 0.05) is 17.1 Å². The molecule has 1 aromatic rings. The number of hydrogen-bond donors (Lipinski definition) is 1. The van der Waals surface area contributed by atoms with Crippen molar-refractivity contribution in [3.05, 3.63) is 28.2 Å². The summed E-state index contributed by atoms with van der Waals surface area (Å²) in [6.45, 7) is 11.4. The number of nitrogens with zero attached hydrogens (tertiary/aromatic N) is 1. The van der Waals surface area contributed by atoms with Gasteiger partial charge in [0.15, 0.2) is 0 Å². The molecule has 0 aliphatic rings. The van der Waals surface area contributed by atoms with Crippen LogP contribution in [-0.4, -0.2) is 11.5 Å². The Labute approximate surface area is 103 Å². The Kier molecular flexibility index (Phi) is 5.71. The fraction of sp³-hybridized carbons (Fsp3) is 0.615. The summed E-state index contributed by atoms with van der Waals surface area (Å²) in [6, 6.07) is 0.447. The van der Waals surface area contributed by atoms with Gasteiger partial charge in [0.25, 0.3) is 0 Å². The third-order valence-electron chi connectivity index (χ3n) is 2.48. The van der Waals surface area contributed by atoms with Gasteiger partial charge in [0.2, 0.25) is 0 Å². The smallest absolute Gasteiger partial charge is 0.0897 e. The van der Waals surface area contributed by atoms with Gasteiger partial charge in [-0.05, 0) is 39.7 Å². The summed E-state index contributed by atoms with van der Waals surface area (Å²) < 4.78 is 0. The Balaban J connectivity index is 2.59. The molecular formula is C13H22N2S. The largest absolute Gasteiger partial charge is 0.309 e. The molecule has 1 unspecified atom stereocenters. The van der Waals surface area contributed by atoms with Crippen molar-refractivity contribution in [2.24, 2.45) is 0 Å². The average Bonchev–Trinajstić information content (AvgIpc) is 2.64. The first kappa shape index (κ1) is 13.4. The van der Waals surface area contributed by atoms with Crippen molar-refractivity contribution in [3.63, 3.8) is 0 Å². The Morgan fingerprint density at radius 3 is 2.88 bits per heavy atom. The van der Waals surface area contributed by atoms with Gasteiger partial charge < -0.3 is 5.32 Å². The first-order valence-electron chi connectivity index (χ1n) is 5.93. The van der Waals surface area contributed by atoms with E-state index >= 15 is 0 Å². The number of allylic oxidation sites excluding steroid dienone is 1. The van der Waals surface area contributed by atoms with Crippen LogP contribution in [0.15, 0.2) is 18.3 Å². The summed E-state index contributed by atoms with van der Waals surface area (Å²) in [5, 5.41) is 4.73. The number of nitrogens with one attached hydrogen (secondary N) is 1. The lowest BCUT2D eigenvalue weighted by atomic mass is 10.1. The summed E-state index contributed by atoms with van der Waals surface area (Å²) in [4.78, 5) is 5.68. The molecule has 1 heterocycles. The molecule has 0 spiro atoms. The topological polar surface area (TPSA) is 24.9 Å². The van der Waals surface area contributed by atoms with Gasteiger partial charge in [0.05, 0.1) is 5.01 Å². The van der Waals surface area contributed by atoms with Crippen molar-refractivity contribution in [3.8, 4) is 0 Å². The molecule has 0 saturated carbocycles. The zero-order valence-corrected chi connectivity index (χ0v) is 11.4. The van der Waals surface area contributed by atoms with E-state index in [9.17, 15) is 0 Å². The van der Waals surface area contributed by atoms with Gasteiger partial charge in [-0.3, -0.25) is 0 Å². The van der Waals surface area contributed by atoms with E-state index in [1.165, 1.54) is 16.9 Å². The highest BCUT2D eigenvalue weighted by Gasteiger charge is 2.12. The molecule has 1 rings (SSSR count). The molecule has 0 fully saturated rings. The molecule has 0 bridgehead atoms. The second kappa shape index (κ2) is 6.81. The predicted molar refractivity (Wildman–Crippen MR) is 71.9 cm³/mol. The van der Waals surface area contributed by atoms with E-state index in [0.29, 0.717) is 6.04 Å². The van der Waals surface area contributed by atoms with Crippen LogP contribution in [-0.2, 0) is 0 Å². The Morgan fingerprint density at radius 2 is 2.38 bits per heavy atom. The van der Waals surface area contributed by atoms with Gasteiger partial charge in [-0.25, -0.2) is 4.98 Å². The zero-order chi connectivity index (χ0) is 12.0. The van der Waals surface area contributed by atoms with Crippen LogP contribution in [0, 0.1) is 6.92 Å². The van der Waals surface area contributed by atoms with Crippen LogP contribution in [0.4, 0.5) is 0 Å². The third-order valence-corrected chi connectivity index (χ3v) is 3.51. The summed E-state index contributed by atoms with van der Waals surface area (Å²) in [7, 11) is 0. The number of rotatable bonds is 7. The summed E-state index contributed by atoms with van der Waals surface area (Å²) in [5.74, 6) is 0. The highest BCUT2D eigenvalue weighted by molar-refractivity contribution is 7.11. The lowest BCUT2D eigenvalue weighted by molar-refractivity contribution is 0.505. The predicted octanol–water partition coefficient (Wildman–Crippen LogP) is 3.85. The summed E-state index contributed by atoms with van der Waals surface area (Å²) in [5.41, 5.74) is 1.25. The minimum Gasteiger partial charge on any atom is -0.309 e. The molecule has 0 saturated heterocycles. The van der Waals surface area contributed by atoms with E-state index in [-0.39, 0.29) is 0 Å². The molecule has 1 N–H and O–H groups in total. The SMILES string of the molecule is C=C(C)CCC(NCCC)c1cnc(C)s1. The van der Waals surface area contributed by atoms with Gasteiger partial charge in [-0.15, -0.1) is 17.9 Å². The normalized spacial score (nSPS) is 12.7. The molecule has 3 heteroatoms. The van der Waals surface area contributed by atoms with E-state index in [1.54, 1.807) is 11.3 Å². The average molecular weight is 238 g/mol. The maximum absolute atomic E-state index is 4.33. The van der Waals surface area contributed by atoms with Gasteiger partial charge >= 0.3 is 0 Å². The first-order chi connectivity index (χ1) is 7.63. The van der Waals surface area contributed by atoms with Crippen LogP contribution in [0.3, 0.4) is 0 Å². The molecule has 1 atom stereocenters. The van der Waals surface area contributed by atoms with Crippen LogP contribution >= 0.6 is 11.3 Å². The van der Waals surface area contributed by atoms with E-state index in [0.717, 1.165) is 24.4 Å². The maximum atomic E-state index is 4.33. The fourth-order valence-electron chi connectivity index (χ4n) is 1.59. The standard InChI is InChI=1S/C13H22N2S/c1-5-8-14-12(7-6-10(2)3)13-9-15-11(4)16-13/h9,12,14H,2,5-8H2,1,3-4H3. The van der Waals surface area contributed by atoms with Crippen molar-refractivity contribution in [2.45, 2.75) is 46.1 Å². The molecule has 0 aliphatic heterocycles. The first-order valence-corrected chi connectivity index (χ1v) is 6.75. The molecule has 90 valence electrons. The van der Waals surface area contributed by atoms with Crippen molar-refractivity contribution in [1.29, 1.82) is 0 Å². The number of thiazole rings is 1. The fourth-order valence-corrected chi connectivity index (χ4v) is 2.49. The number of hydrogen-bond acceptors (Lipinski definition) is 3. The zero-order valence-electron chi connectivity index (χ0n) is 10.5. The van der Waals surface area contributed by atoms with Crippen LogP contribution in [0.1, 0.15) is 49.0 Å². The Bertz CT molecular complexity index is 330. The molecule has 0 aromatic carbocycles. The van der Waals surface area contributed by atoms with Gasteiger partial charge in [0.1, 0.15) is 0 Å². The van der Waals surface area contributed by atoms with E-state index < -0.39 is 0 Å². The van der Waals surface area contributed by atoms with Gasteiger partial charge in [-0.1, -0.05) is 12.5 Å². The molecular weight excluding hydrogens is 216 g/mol. The van der Waals surface area contributed by atoms with E-state index in [2.05, 4.69) is 37.7 Å². The van der Waals surface area contributed by atoms with Crippen molar-refractivity contribution in [2.75, 3.05) is 6.54 Å². The molecule has 0 amide bonds. The Morgan fingerprint density at radius 1 is 1.62 bits per heavy atom. The van der Waals surface area contributed by atoms with Crippen LogP contribution in [0.5, 0.6) is 0 Å². The van der Waals surface area contributed by atoms with Gasteiger partial charge in [-0.2, -0.15) is 0 Å². The summed E-state index contributed by atoms with van der Waals surface area (Å²) in [6.07, 6.45) is 5.38. The Hall–Kier alpha value is -0.670. The molecule has 1 aromatic heterocycles. The van der Waals surface area contributed by atoms with Crippen molar-refractivity contribution < 1.29 is 0 Å². The number of aromatic nitrogens is 1. The lowest BCUT2D eigenvalue weighted by Gasteiger charge is -2.16. The highest BCUT2D eigenvalue weighted by atomic mass is 32.1.